The van der Waals surface area contributed by atoms with Crippen LogP contribution in [0, 0.1) is 6.92 Å². The lowest BCUT2D eigenvalue weighted by molar-refractivity contribution is 0.0714. The number of carbonyl (C=O) groups excluding carboxylic acids is 1. The molecule has 8 heteroatoms. The molecule has 3 heterocycles. The maximum atomic E-state index is 12.4. The van der Waals surface area contributed by atoms with E-state index in [2.05, 4.69) is 20.2 Å². The van der Waals surface area contributed by atoms with Crippen LogP contribution in [0.3, 0.4) is 0 Å². The summed E-state index contributed by atoms with van der Waals surface area (Å²) in [6.45, 7) is 4.49. The minimum absolute atomic E-state index is 0.0751. The number of nitrogens with one attached hydrogen (secondary N) is 1. The molecule has 0 unspecified atom stereocenters. The number of carbonyl (C=O) groups is 1. The van der Waals surface area contributed by atoms with Crippen LogP contribution in [0.25, 0.3) is 0 Å². The van der Waals surface area contributed by atoms with E-state index in [9.17, 15) is 4.79 Å². The zero-order valence-electron chi connectivity index (χ0n) is 16.5. The van der Waals surface area contributed by atoms with E-state index in [1.54, 1.807) is 24.1 Å². The maximum absolute atomic E-state index is 12.4. The number of furan rings is 1. The smallest absolute Gasteiger partial charge is 0.289 e. The number of hydrogen-bond acceptors (Lipinski definition) is 7. The fraction of sp³-hybridized carbons (Fsp3) is 0.286. The van der Waals surface area contributed by atoms with Crippen molar-refractivity contribution >= 4 is 23.2 Å². The molecule has 1 aromatic carbocycles. The molecule has 0 saturated carbocycles. The molecule has 3 aromatic rings. The van der Waals surface area contributed by atoms with E-state index in [1.807, 2.05) is 37.3 Å². The van der Waals surface area contributed by atoms with Crippen LogP contribution >= 0.6 is 0 Å². The normalized spacial score (nSPS) is 14.0. The third-order valence-electron chi connectivity index (χ3n) is 4.79. The zero-order chi connectivity index (χ0) is 20.2. The van der Waals surface area contributed by atoms with Crippen LogP contribution in [0.2, 0.25) is 0 Å². The van der Waals surface area contributed by atoms with E-state index in [4.69, 9.17) is 9.15 Å². The fourth-order valence-electron chi connectivity index (χ4n) is 3.32. The highest BCUT2D eigenvalue weighted by atomic mass is 16.5. The van der Waals surface area contributed by atoms with Crippen LogP contribution in [0.5, 0.6) is 5.75 Å². The number of amides is 1. The second-order valence-electron chi connectivity index (χ2n) is 6.77. The highest BCUT2D eigenvalue weighted by Crippen LogP contribution is 2.23. The van der Waals surface area contributed by atoms with Crippen molar-refractivity contribution in [1.29, 1.82) is 0 Å². The van der Waals surface area contributed by atoms with E-state index in [0.717, 1.165) is 23.1 Å². The maximum Gasteiger partial charge on any atom is 0.289 e. The number of anilines is 3. The second-order valence-corrected chi connectivity index (χ2v) is 6.77. The van der Waals surface area contributed by atoms with Gasteiger partial charge in [-0.3, -0.25) is 4.79 Å². The number of ether oxygens (including phenoxy) is 1. The standard InChI is InChI=1S/C21H23N5O3/c1-15-22-19(24-16-5-3-6-17(13-16)28-2)14-20(23-15)25-8-10-26(11-9-25)21(27)18-7-4-12-29-18/h3-7,12-14H,8-11H2,1-2H3,(H,22,23,24). The molecular weight excluding hydrogens is 370 g/mol. The molecule has 0 radical (unpaired) electrons. The molecular formula is C21H23N5O3. The molecule has 1 N–H and O–H groups in total. The molecule has 4 rings (SSSR count). The summed E-state index contributed by atoms with van der Waals surface area (Å²) in [6, 6.07) is 13.0. The highest BCUT2D eigenvalue weighted by molar-refractivity contribution is 5.91. The average molecular weight is 393 g/mol. The summed E-state index contributed by atoms with van der Waals surface area (Å²) in [5.74, 6) is 3.32. The first-order valence-corrected chi connectivity index (χ1v) is 9.47. The van der Waals surface area contributed by atoms with E-state index in [0.29, 0.717) is 37.8 Å². The van der Waals surface area contributed by atoms with Gasteiger partial charge in [0, 0.05) is 44.0 Å². The summed E-state index contributed by atoms with van der Waals surface area (Å²) in [4.78, 5) is 25.5. The lowest BCUT2D eigenvalue weighted by atomic mass is 10.2. The molecule has 1 aliphatic heterocycles. The van der Waals surface area contributed by atoms with Gasteiger partial charge >= 0.3 is 0 Å². The average Bonchev–Trinajstić information content (AvgIpc) is 3.28. The number of methoxy groups -OCH3 is 1. The molecule has 0 aliphatic carbocycles. The van der Waals surface area contributed by atoms with Gasteiger partial charge in [-0.25, -0.2) is 9.97 Å². The minimum atomic E-state index is -0.0751. The van der Waals surface area contributed by atoms with E-state index >= 15 is 0 Å². The lowest BCUT2D eigenvalue weighted by Gasteiger charge is -2.35. The van der Waals surface area contributed by atoms with Gasteiger partial charge in [0.1, 0.15) is 23.2 Å². The van der Waals surface area contributed by atoms with Crippen molar-refractivity contribution in [1.82, 2.24) is 14.9 Å². The number of aromatic nitrogens is 2. The van der Waals surface area contributed by atoms with Crippen molar-refractivity contribution in [3.63, 3.8) is 0 Å². The highest BCUT2D eigenvalue weighted by Gasteiger charge is 2.24. The Labute approximate surface area is 169 Å². The van der Waals surface area contributed by atoms with Crippen LogP contribution in [0.4, 0.5) is 17.3 Å². The lowest BCUT2D eigenvalue weighted by Crippen LogP contribution is -2.49. The second kappa shape index (κ2) is 8.22. The first-order valence-electron chi connectivity index (χ1n) is 9.47. The minimum Gasteiger partial charge on any atom is -0.497 e. The van der Waals surface area contributed by atoms with Gasteiger partial charge in [0.15, 0.2) is 5.76 Å². The molecule has 1 amide bonds. The van der Waals surface area contributed by atoms with Gasteiger partial charge in [0.2, 0.25) is 0 Å². The Hall–Kier alpha value is -3.55. The van der Waals surface area contributed by atoms with Crippen molar-refractivity contribution in [3.8, 4) is 5.75 Å². The Morgan fingerprint density at radius 2 is 1.93 bits per heavy atom. The number of nitrogens with zero attached hydrogens (tertiary/aromatic N) is 4. The van der Waals surface area contributed by atoms with E-state index < -0.39 is 0 Å². The van der Waals surface area contributed by atoms with Gasteiger partial charge in [0.25, 0.3) is 5.91 Å². The number of rotatable bonds is 5. The van der Waals surface area contributed by atoms with Gasteiger partial charge in [-0.2, -0.15) is 0 Å². The van der Waals surface area contributed by atoms with Crippen molar-refractivity contribution in [2.24, 2.45) is 0 Å². The molecule has 1 saturated heterocycles. The van der Waals surface area contributed by atoms with Crippen LogP contribution < -0.4 is 15.0 Å². The molecule has 0 spiro atoms. The Morgan fingerprint density at radius 3 is 2.66 bits per heavy atom. The van der Waals surface area contributed by atoms with Crippen LogP contribution in [0.1, 0.15) is 16.4 Å². The molecule has 29 heavy (non-hydrogen) atoms. The number of benzene rings is 1. The van der Waals surface area contributed by atoms with Gasteiger partial charge in [0.05, 0.1) is 13.4 Å². The third kappa shape index (κ3) is 4.31. The summed E-state index contributed by atoms with van der Waals surface area (Å²) in [5, 5.41) is 3.31. The Kier molecular flexibility index (Phi) is 5.33. The van der Waals surface area contributed by atoms with E-state index in [1.165, 1.54) is 6.26 Å². The Balaban J connectivity index is 1.44. The van der Waals surface area contributed by atoms with E-state index in [-0.39, 0.29) is 5.91 Å². The quantitative estimate of drug-likeness (QED) is 0.713. The van der Waals surface area contributed by atoms with Gasteiger partial charge < -0.3 is 24.3 Å². The third-order valence-corrected chi connectivity index (χ3v) is 4.79. The summed E-state index contributed by atoms with van der Waals surface area (Å²) < 4.78 is 10.5. The number of hydrogen-bond donors (Lipinski definition) is 1. The van der Waals surface area contributed by atoms with Crippen molar-refractivity contribution in [2.45, 2.75) is 6.92 Å². The molecule has 0 atom stereocenters. The number of aryl methyl sites for hydroxylation is 1. The fourth-order valence-corrected chi connectivity index (χ4v) is 3.32. The molecule has 8 nitrogen and oxygen atoms in total. The zero-order valence-corrected chi connectivity index (χ0v) is 16.5. The topological polar surface area (TPSA) is 83.7 Å². The number of piperazine rings is 1. The van der Waals surface area contributed by atoms with Crippen molar-refractivity contribution in [2.75, 3.05) is 43.5 Å². The summed E-state index contributed by atoms with van der Waals surface area (Å²) in [6.07, 6.45) is 1.52. The predicted molar refractivity (Wildman–Crippen MR) is 110 cm³/mol. The summed E-state index contributed by atoms with van der Waals surface area (Å²) in [5.41, 5.74) is 0.891. The largest absolute Gasteiger partial charge is 0.497 e. The van der Waals surface area contributed by atoms with Gasteiger partial charge in [-0.05, 0) is 31.2 Å². The molecule has 0 bridgehead atoms. The van der Waals surface area contributed by atoms with Crippen molar-refractivity contribution < 1.29 is 13.9 Å². The first-order chi connectivity index (χ1) is 14.1. The Morgan fingerprint density at radius 1 is 1.10 bits per heavy atom. The Bertz CT molecular complexity index is 982. The van der Waals surface area contributed by atoms with Gasteiger partial charge in [-0.1, -0.05) is 6.07 Å². The first kappa shape index (κ1) is 18.8. The SMILES string of the molecule is COc1cccc(Nc2cc(N3CCN(C(=O)c4ccco4)CC3)nc(C)n2)c1. The molecule has 1 aliphatic rings. The summed E-state index contributed by atoms with van der Waals surface area (Å²) in [7, 11) is 1.64. The van der Waals surface area contributed by atoms with Gasteiger partial charge in [-0.15, -0.1) is 0 Å². The van der Waals surface area contributed by atoms with Crippen LogP contribution in [-0.4, -0.2) is 54.1 Å². The van der Waals surface area contributed by atoms with Crippen LogP contribution in [-0.2, 0) is 0 Å². The molecule has 150 valence electrons. The molecule has 1 fully saturated rings. The monoisotopic (exact) mass is 393 g/mol. The van der Waals surface area contributed by atoms with Crippen LogP contribution in [0.15, 0.2) is 53.1 Å². The predicted octanol–water partition coefficient (Wildman–Crippen LogP) is 3.09. The summed E-state index contributed by atoms with van der Waals surface area (Å²) >= 11 is 0. The van der Waals surface area contributed by atoms with Crippen molar-refractivity contribution in [3.05, 3.63) is 60.3 Å². The molecule has 2 aromatic heterocycles.